The zero-order valence-corrected chi connectivity index (χ0v) is 10.9. The van der Waals surface area contributed by atoms with Crippen molar-refractivity contribution < 1.29 is 14.7 Å². The normalized spacial score (nSPS) is 9.94. The lowest BCUT2D eigenvalue weighted by atomic mass is 10.3. The highest BCUT2D eigenvalue weighted by atomic mass is 35.5. The second-order valence-electron chi connectivity index (χ2n) is 3.52. The molecule has 6 nitrogen and oxygen atoms in total. The maximum Gasteiger partial charge on any atom is 0.337 e. The highest BCUT2D eigenvalue weighted by molar-refractivity contribution is 6.33. The van der Waals surface area contributed by atoms with Crippen LogP contribution >= 0.6 is 11.6 Å². The Kier molecular flexibility index (Phi) is 4.91. The van der Waals surface area contributed by atoms with E-state index in [0.29, 0.717) is 12.4 Å². The summed E-state index contributed by atoms with van der Waals surface area (Å²) in [4.78, 5) is 27.7. The van der Waals surface area contributed by atoms with Crippen LogP contribution in [0.25, 0.3) is 0 Å². The molecule has 1 rings (SSSR count). The summed E-state index contributed by atoms with van der Waals surface area (Å²) in [6.45, 7) is 2.50. The topological polar surface area (TPSA) is 82.5 Å². The summed E-state index contributed by atoms with van der Waals surface area (Å²) in [6, 6.07) is 1.32. The van der Waals surface area contributed by atoms with E-state index in [0.717, 1.165) is 0 Å². The minimum atomic E-state index is -1.09. The van der Waals surface area contributed by atoms with Gasteiger partial charge in [-0.05, 0) is 13.0 Å². The van der Waals surface area contributed by atoms with Crippen LogP contribution in [-0.2, 0) is 4.79 Å². The van der Waals surface area contributed by atoms with E-state index < -0.39 is 5.97 Å². The number of anilines is 1. The number of amides is 1. The summed E-state index contributed by atoms with van der Waals surface area (Å²) in [7, 11) is 1.54. The third-order valence-electron chi connectivity index (χ3n) is 2.36. The lowest BCUT2D eigenvalue weighted by molar-refractivity contribution is -0.119. The molecule has 1 aromatic rings. The van der Waals surface area contributed by atoms with Gasteiger partial charge in [0.15, 0.2) is 0 Å². The molecule has 98 valence electrons. The molecule has 2 N–H and O–H groups in total. The summed E-state index contributed by atoms with van der Waals surface area (Å²) in [5.74, 6) is -0.866. The fraction of sp³-hybridized carbons (Fsp3) is 0.364. The van der Waals surface area contributed by atoms with Crippen LogP contribution in [0.3, 0.4) is 0 Å². The van der Waals surface area contributed by atoms with Crippen LogP contribution in [0.5, 0.6) is 0 Å². The monoisotopic (exact) mass is 271 g/mol. The second kappa shape index (κ2) is 6.20. The Morgan fingerprint density at radius 3 is 2.67 bits per heavy atom. The molecule has 1 aromatic heterocycles. The lowest BCUT2D eigenvalue weighted by Gasteiger charge is -2.21. The number of carboxylic acids is 1. The summed E-state index contributed by atoms with van der Waals surface area (Å²) in [5.41, 5.74) is 0.0137. The van der Waals surface area contributed by atoms with Gasteiger partial charge in [-0.25, -0.2) is 9.78 Å². The predicted octanol–water partition coefficient (Wildman–Crippen LogP) is 1.01. The molecule has 1 heterocycles. The van der Waals surface area contributed by atoms with Crippen molar-refractivity contribution in [3.05, 3.63) is 22.8 Å². The lowest BCUT2D eigenvalue weighted by Crippen LogP contribution is -2.36. The van der Waals surface area contributed by atoms with E-state index in [2.05, 4.69) is 10.3 Å². The number of hydrogen-bond acceptors (Lipinski definition) is 4. The first-order chi connectivity index (χ1) is 8.49. The number of aromatic nitrogens is 1. The van der Waals surface area contributed by atoms with Crippen molar-refractivity contribution in [3.63, 3.8) is 0 Å². The van der Waals surface area contributed by atoms with Crippen molar-refractivity contribution in [1.82, 2.24) is 10.3 Å². The quantitative estimate of drug-likeness (QED) is 0.835. The van der Waals surface area contributed by atoms with Gasteiger partial charge in [-0.3, -0.25) is 4.79 Å². The highest BCUT2D eigenvalue weighted by Crippen LogP contribution is 2.23. The number of carboxylic acid groups (broad SMARTS) is 1. The first-order valence-corrected chi connectivity index (χ1v) is 5.71. The van der Waals surface area contributed by atoms with Crippen molar-refractivity contribution >= 4 is 29.3 Å². The molecule has 0 spiro atoms. The van der Waals surface area contributed by atoms with Crippen molar-refractivity contribution in [2.45, 2.75) is 6.92 Å². The molecule has 0 fully saturated rings. The largest absolute Gasteiger partial charge is 0.478 e. The zero-order chi connectivity index (χ0) is 13.7. The van der Waals surface area contributed by atoms with Gasteiger partial charge in [0.1, 0.15) is 5.82 Å². The number of carbonyl (C=O) groups excluding carboxylic acids is 1. The van der Waals surface area contributed by atoms with Gasteiger partial charge in [0.2, 0.25) is 5.91 Å². The number of nitrogens with zero attached hydrogens (tertiary/aromatic N) is 2. The highest BCUT2D eigenvalue weighted by Gasteiger charge is 2.15. The van der Waals surface area contributed by atoms with Crippen LogP contribution < -0.4 is 10.2 Å². The van der Waals surface area contributed by atoms with Gasteiger partial charge in [0, 0.05) is 19.8 Å². The minimum absolute atomic E-state index is 0.0137. The molecule has 0 saturated carbocycles. The molecule has 0 aliphatic rings. The van der Waals surface area contributed by atoms with Gasteiger partial charge >= 0.3 is 5.97 Å². The Balaban J connectivity index is 3.00. The summed E-state index contributed by atoms with van der Waals surface area (Å²) in [6.07, 6.45) is 1.22. The number of hydrogen-bond donors (Lipinski definition) is 2. The molecule has 0 aliphatic heterocycles. The molecule has 0 aromatic carbocycles. The van der Waals surface area contributed by atoms with Gasteiger partial charge in [0.25, 0.3) is 0 Å². The molecular formula is C11H14ClN3O3. The van der Waals surface area contributed by atoms with E-state index in [4.69, 9.17) is 16.7 Å². The Morgan fingerprint density at radius 1 is 1.56 bits per heavy atom. The molecule has 0 aliphatic carbocycles. The number of rotatable bonds is 5. The van der Waals surface area contributed by atoms with Crippen molar-refractivity contribution in [1.29, 1.82) is 0 Å². The molecule has 1 amide bonds. The number of aromatic carboxylic acids is 1. The fourth-order valence-electron chi connectivity index (χ4n) is 1.37. The third-order valence-corrected chi connectivity index (χ3v) is 2.64. The molecule has 0 saturated heterocycles. The van der Waals surface area contributed by atoms with Gasteiger partial charge < -0.3 is 15.3 Å². The third kappa shape index (κ3) is 3.33. The number of likely N-dealkylation sites (N-methyl/N-ethyl adjacent to an activating group) is 2. The summed E-state index contributed by atoms with van der Waals surface area (Å²) < 4.78 is 0. The molecular weight excluding hydrogens is 258 g/mol. The molecule has 0 atom stereocenters. The Morgan fingerprint density at radius 2 is 2.22 bits per heavy atom. The van der Waals surface area contributed by atoms with Crippen LogP contribution in [0, 0.1) is 0 Å². The Labute approximate surface area is 110 Å². The van der Waals surface area contributed by atoms with Gasteiger partial charge in [-0.1, -0.05) is 11.6 Å². The number of carbonyl (C=O) groups is 2. The van der Waals surface area contributed by atoms with E-state index in [1.165, 1.54) is 12.3 Å². The van der Waals surface area contributed by atoms with Gasteiger partial charge in [0.05, 0.1) is 17.1 Å². The zero-order valence-electron chi connectivity index (χ0n) is 10.1. The average Bonchev–Trinajstić information content (AvgIpc) is 2.35. The van der Waals surface area contributed by atoms with Gasteiger partial charge in [-0.2, -0.15) is 0 Å². The maximum absolute atomic E-state index is 11.3. The molecule has 0 radical (unpaired) electrons. The van der Waals surface area contributed by atoms with Crippen LogP contribution in [0.4, 0.5) is 5.82 Å². The van der Waals surface area contributed by atoms with Crippen LogP contribution in [0.2, 0.25) is 5.02 Å². The van der Waals surface area contributed by atoms with Crippen molar-refractivity contribution in [2.75, 3.05) is 25.0 Å². The average molecular weight is 272 g/mol. The van der Waals surface area contributed by atoms with E-state index in [1.807, 2.05) is 6.92 Å². The standard InChI is InChI=1S/C11H14ClN3O3/c1-3-15(6-9(16)13-2)10-8(12)4-7(5-14-10)11(17)18/h4-5H,3,6H2,1-2H3,(H,13,16)(H,17,18). The Hall–Kier alpha value is -1.82. The number of pyridine rings is 1. The van der Waals surface area contributed by atoms with Crippen LogP contribution in [0.15, 0.2) is 12.3 Å². The van der Waals surface area contributed by atoms with E-state index in [9.17, 15) is 9.59 Å². The van der Waals surface area contributed by atoms with E-state index in [1.54, 1.807) is 11.9 Å². The van der Waals surface area contributed by atoms with Crippen molar-refractivity contribution in [3.8, 4) is 0 Å². The second-order valence-corrected chi connectivity index (χ2v) is 3.93. The van der Waals surface area contributed by atoms with E-state index >= 15 is 0 Å². The summed E-state index contributed by atoms with van der Waals surface area (Å²) >= 11 is 5.97. The number of nitrogens with one attached hydrogen (secondary N) is 1. The van der Waals surface area contributed by atoms with Gasteiger partial charge in [-0.15, -0.1) is 0 Å². The van der Waals surface area contributed by atoms with E-state index in [-0.39, 0.29) is 23.0 Å². The maximum atomic E-state index is 11.3. The molecule has 0 bridgehead atoms. The predicted molar refractivity (Wildman–Crippen MR) is 68.2 cm³/mol. The van der Waals surface area contributed by atoms with Crippen LogP contribution in [-0.4, -0.2) is 42.1 Å². The fourth-order valence-corrected chi connectivity index (χ4v) is 1.66. The first kappa shape index (κ1) is 14.2. The molecule has 18 heavy (non-hydrogen) atoms. The van der Waals surface area contributed by atoms with Crippen molar-refractivity contribution in [2.24, 2.45) is 0 Å². The molecule has 7 heteroatoms. The first-order valence-electron chi connectivity index (χ1n) is 5.34. The SMILES string of the molecule is CCN(CC(=O)NC)c1ncc(C(=O)O)cc1Cl. The summed E-state index contributed by atoms with van der Waals surface area (Å²) in [5, 5.41) is 11.5. The Bertz CT molecular complexity index is 465. The van der Waals surface area contributed by atoms with Crippen LogP contribution in [0.1, 0.15) is 17.3 Å². The smallest absolute Gasteiger partial charge is 0.337 e. The minimum Gasteiger partial charge on any atom is -0.478 e. The molecule has 0 unspecified atom stereocenters. The number of halogens is 1.